The van der Waals surface area contributed by atoms with E-state index in [-0.39, 0.29) is 5.92 Å². The summed E-state index contributed by atoms with van der Waals surface area (Å²) in [6, 6.07) is 2.16. The molecule has 0 spiro atoms. The summed E-state index contributed by atoms with van der Waals surface area (Å²) < 4.78 is 0. The first-order valence-corrected chi connectivity index (χ1v) is 2.59. The maximum atomic E-state index is 8.39. The van der Waals surface area contributed by atoms with Crippen molar-refractivity contribution < 1.29 is 0 Å². The van der Waals surface area contributed by atoms with Gasteiger partial charge in [0.2, 0.25) is 0 Å². The lowest BCUT2D eigenvalue weighted by Crippen LogP contribution is -1.87. The van der Waals surface area contributed by atoms with Crippen LogP contribution in [-0.4, -0.2) is 0 Å². The molecule has 0 aromatic carbocycles. The molecule has 1 atom stereocenters. The molecule has 0 bridgehead atoms. The van der Waals surface area contributed by atoms with E-state index in [2.05, 4.69) is 6.07 Å². The van der Waals surface area contributed by atoms with Crippen molar-refractivity contribution in [2.24, 2.45) is 5.92 Å². The predicted molar refractivity (Wildman–Crippen MR) is 32.0 cm³/mol. The third-order valence-electron chi connectivity index (χ3n) is 1.29. The van der Waals surface area contributed by atoms with Crippen LogP contribution in [0.25, 0.3) is 0 Å². The fraction of sp³-hybridized carbons (Fsp3) is 0.286. The number of rotatable bonds is 0. The second kappa shape index (κ2) is 1.83. The predicted octanol–water partition coefficient (Wildman–Crippen LogP) is 1.64. The van der Waals surface area contributed by atoms with Crippen molar-refractivity contribution >= 4 is 0 Å². The topological polar surface area (TPSA) is 23.8 Å². The number of nitrogens with zero attached hydrogens (tertiary/aromatic N) is 1. The summed E-state index contributed by atoms with van der Waals surface area (Å²) in [6.45, 7) is 1.97. The molecule has 1 rings (SSSR count). The van der Waals surface area contributed by atoms with Crippen molar-refractivity contribution in [1.82, 2.24) is 0 Å². The molecule has 1 aliphatic rings. The number of allylic oxidation sites excluding steroid dienone is 4. The molecular formula is C7H7N. The van der Waals surface area contributed by atoms with Gasteiger partial charge in [-0.25, -0.2) is 0 Å². The monoisotopic (exact) mass is 105 g/mol. The Balaban J connectivity index is 2.76. The Kier molecular flexibility index (Phi) is 1.17. The Labute approximate surface area is 48.9 Å². The number of hydrogen-bond donors (Lipinski definition) is 0. The van der Waals surface area contributed by atoms with Crippen LogP contribution in [0.3, 0.4) is 0 Å². The lowest BCUT2D eigenvalue weighted by Gasteiger charge is -1.93. The molecule has 0 heterocycles. The van der Waals surface area contributed by atoms with Crippen molar-refractivity contribution in [2.75, 3.05) is 0 Å². The van der Waals surface area contributed by atoms with E-state index in [4.69, 9.17) is 5.26 Å². The van der Waals surface area contributed by atoms with E-state index >= 15 is 0 Å². The second-order valence-electron chi connectivity index (χ2n) is 1.90. The third kappa shape index (κ3) is 0.651. The summed E-state index contributed by atoms with van der Waals surface area (Å²) in [4.78, 5) is 0. The van der Waals surface area contributed by atoms with Gasteiger partial charge in [0.1, 0.15) is 0 Å². The van der Waals surface area contributed by atoms with E-state index in [0.29, 0.717) is 0 Å². The summed E-state index contributed by atoms with van der Waals surface area (Å²) in [7, 11) is 0. The molecule has 1 unspecified atom stereocenters. The normalized spacial score (nSPS) is 25.0. The van der Waals surface area contributed by atoms with Gasteiger partial charge in [-0.1, -0.05) is 23.8 Å². The van der Waals surface area contributed by atoms with Crippen LogP contribution in [0.2, 0.25) is 0 Å². The van der Waals surface area contributed by atoms with Gasteiger partial charge in [-0.3, -0.25) is 0 Å². The van der Waals surface area contributed by atoms with Crippen LogP contribution < -0.4 is 0 Å². The number of nitriles is 1. The van der Waals surface area contributed by atoms with Gasteiger partial charge in [0, 0.05) is 0 Å². The Bertz CT molecular complexity index is 181. The minimum atomic E-state index is 0.0509. The highest BCUT2D eigenvalue weighted by Gasteiger charge is 2.06. The minimum absolute atomic E-state index is 0.0509. The van der Waals surface area contributed by atoms with Crippen molar-refractivity contribution in [3.05, 3.63) is 23.8 Å². The molecule has 1 heteroatoms. The number of hydrogen-bond acceptors (Lipinski definition) is 1. The highest BCUT2D eigenvalue weighted by Crippen LogP contribution is 2.16. The van der Waals surface area contributed by atoms with Crippen molar-refractivity contribution in [3.63, 3.8) is 0 Å². The van der Waals surface area contributed by atoms with Crippen molar-refractivity contribution in [2.45, 2.75) is 6.92 Å². The zero-order valence-corrected chi connectivity index (χ0v) is 4.76. The lowest BCUT2D eigenvalue weighted by atomic mass is 10.1. The maximum Gasteiger partial charge on any atom is 0.0857 e. The van der Waals surface area contributed by atoms with E-state index in [1.165, 1.54) is 0 Å². The molecule has 0 N–H and O–H groups in total. The van der Waals surface area contributed by atoms with Gasteiger partial charge in [-0.2, -0.15) is 5.26 Å². The molecule has 0 radical (unpaired) electrons. The standard InChI is InChI=1S/C7H7N/c1-6-3-2-4-7(6)5-8/h2-4,7H,1H3. The quantitative estimate of drug-likeness (QED) is 0.459. The van der Waals surface area contributed by atoms with Gasteiger partial charge in [0.05, 0.1) is 12.0 Å². The van der Waals surface area contributed by atoms with E-state index in [9.17, 15) is 0 Å². The highest BCUT2D eigenvalue weighted by atomic mass is 14.3. The maximum absolute atomic E-state index is 8.39. The second-order valence-corrected chi connectivity index (χ2v) is 1.90. The van der Waals surface area contributed by atoms with Crippen LogP contribution in [0.5, 0.6) is 0 Å². The van der Waals surface area contributed by atoms with Crippen LogP contribution in [-0.2, 0) is 0 Å². The molecule has 0 amide bonds. The first kappa shape index (κ1) is 5.11. The average molecular weight is 105 g/mol. The van der Waals surface area contributed by atoms with Gasteiger partial charge in [-0.05, 0) is 6.92 Å². The fourth-order valence-electron chi connectivity index (χ4n) is 0.719. The average Bonchev–Trinajstić information content (AvgIpc) is 2.14. The molecule has 1 nitrogen and oxygen atoms in total. The van der Waals surface area contributed by atoms with Crippen molar-refractivity contribution in [1.29, 1.82) is 5.26 Å². The van der Waals surface area contributed by atoms with Gasteiger partial charge in [0.25, 0.3) is 0 Å². The molecule has 0 saturated heterocycles. The van der Waals surface area contributed by atoms with Gasteiger partial charge in [-0.15, -0.1) is 0 Å². The van der Waals surface area contributed by atoms with Crippen LogP contribution in [0.1, 0.15) is 6.92 Å². The van der Waals surface area contributed by atoms with Crippen LogP contribution in [0.15, 0.2) is 23.8 Å². The summed E-state index contributed by atoms with van der Waals surface area (Å²) in [6.07, 6.45) is 5.78. The first-order valence-electron chi connectivity index (χ1n) is 2.59. The van der Waals surface area contributed by atoms with E-state index in [1.54, 1.807) is 0 Å². The van der Waals surface area contributed by atoms with Gasteiger partial charge < -0.3 is 0 Å². The van der Waals surface area contributed by atoms with E-state index < -0.39 is 0 Å². The zero-order chi connectivity index (χ0) is 5.98. The molecule has 40 valence electrons. The Morgan fingerprint density at radius 1 is 1.75 bits per heavy atom. The summed E-state index contributed by atoms with van der Waals surface area (Å²) in [5.41, 5.74) is 1.15. The smallest absolute Gasteiger partial charge is 0.0857 e. The Hall–Kier alpha value is -1.03. The van der Waals surface area contributed by atoms with Gasteiger partial charge >= 0.3 is 0 Å². The molecule has 0 saturated carbocycles. The molecule has 0 aromatic heterocycles. The molecule has 0 aliphatic heterocycles. The minimum Gasteiger partial charge on any atom is -0.197 e. The lowest BCUT2D eigenvalue weighted by molar-refractivity contribution is 1.01. The van der Waals surface area contributed by atoms with E-state index in [0.717, 1.165) is 5.57 Å². The Morgan fingerprint density at radius 2 is 2.50 bits per heavy atom. The Morgan fingerprint density at radius 3 is 2.75 bits per heavy atom. The molecule has 1 aliphatic carbocycles. The molecular weight excluding hydrogens is 98.1 g/mol. The summed E-state index contributed by atoms with van der Waals surface area (Å²) in [5.74, 6) is 0.0509. The van der Waals surface area contributed by atoms with Crippen LogP contribution in [0.4, 0.5) is 0 Å². The SMILES string of the molecule is CC1=CC=CC1C#N. The largest absolute Gasteiger partial charge is 0.197 e. The van der Waals surface area contributed by atoms with Crippen LogP contribution >= 0.6 is 0 Å². The highest BCUT2D eigenvalue weighted by molar-refractivity contribution is 5.30. The van der Waals surface area contributed by atoms with Crippen LogP contribution in [0, 0.1) is 17.2 Å². The van der Waals surface area contributed by atoms with E-state index in [1.807, 2.05) is 25.2 Å². The van der Waals surface area contributed by atoms with Crippen molar-refractivity contribution in [3.8, 4) is 6.07 Å². The third-order valence-corrected chi connectivity index (χ3v) is 1.29. The van der Waals surface area contributed by atoms with Gasteiger partial charge in [0.15, 0.2) is 0 Å². The zero-order valence-electron chi connectivity index (χ0n) is 4.76. The molecule has 8 heavy (non-hydrogen) atoms. The molecule has 0 aromatic rings. The fourth-order valence-corrected chi connectivity index (χ4v) is 0.719. The summed E-state index contributed by atoms with van der Waals surface area (Å²) in [5, 5.41) is 8.39. The molecule has 0 fully saturated rings. The first-order chi connectivity index (χ1) is 3.84. The summed E-state index contributed by atoms with van der Waals surface area (Å²) >= 11 is 0.